The zero-order valence-electron chi connectivity index (χ0n) is 9.81. The molecular formula is C14H10BrClN2O. The van der Waals surface area contributed by atoms with E-state index in [0.29, 0.717) is 10.6 Å². The van der Waals surface area contributed by atoms with Crippen molar-refractivity contribution in [1.29, 1.82) is 0 Å². The summed E-state index contributed by atoms with van der Waals surface area (Å²) in [7, 11) is 0. The standard InChI is InChI=1S/C14H10BrClN2O/c15-12-3-1-2-11(8-12)14(19)18-17-9-10-4-6-13(16)7-5-10/h1-9H,(H,18,19). The number of carbonyl (C=O) groups is 1. The second-order valence-corrected chi connectivity index (χ2v) is 5.11. The highest BCUT2D eigenvalue weighted by Crippen LogP contribution is 2.11. The molecule has 19 heavy (non-hydrogen) atoms. The molecule has 1 amide bonds. The molecule has 0 spiro atoms. The summed E-state index contributed by atoms with van der Waals surface area (Å²) in [6.45, 7) is 0. The number of amides is 1. The first-order chi connectivity index (χ1) is 9.15. The fourth-order valence-electron chi connectivity index (χ4n) is 1.41. The molecule has 0 saturated heterocycles. The van der Waals surface area contributed by atoms with Gasteiger partial charge in [0.05, 0.1) is 6.21 Å². The Morgan fingerprint density at radius 3 is 2.63 bits per heavy atom. The van der Waals surface area contributed by atoms with Crippen molar-refractivity contribution in [2.24, 2.45) is 5.10 Å². The van der Waals surface area contributed by atoms with Gasteiger partial charge in [-0.1, -0.05) is 45.7 Å². The monoisotopic (exact) mass is 336 g/mol. The van der Waals surface area contributed by atoms with E-state index < -0.39 is 0 Å². The first kappa shape index (κ1) is 13.8. The van der Waals surface area contributed by atoms with Crippen LogP contribution in [0.15, 0.2) is 58.1 Å². The van der Waals surface area contributed by atoms with E-state index in [1.807, 2.05) is 18.2 Å². The van der Waals surface area contributed by atoms with E-state index in [4.69, 9.17) is 11.6 Å². The molecular weight excluding hydrogens is 328 g/mol. The largest absolute Gasteiger partial charge is 0.271 e. The van der Waals surface area contributed by atoms with Gasteiger partial charge in [0.15, 0.2) is 0 Å². The number of hydrogen-bond acceptors (Lipinski definition) is 2. The Labute approximate surface area is 124 Å². The molecule has 3 nitrogen and oxygen atoms in total. The topological polar surface area (TPSA) is 41.5 Å². The van der Waals surface area contributed by atoms with E-state index in [1.54, 1.807) is 36.5 Å². The lowest BCUT2D eigenvalue weighted by molar-refractivity contribution is 0.0955. The lowest BCUT2D eigenvalue weighted by Gasteiger charge is -2.00. The minimum atomic E-state index is -0.258. The number of benzene rings is 2. The Hall–Kier alpha value is -1.65. The molecule has 5 heteroatoms. The number of rotatable bonds is 3. The van der Waals surface area contributed by atoms with Crippen molar-refractivity contribution in [2.45, 2.75) is 0 Å². The van der Waals surface area contributed by atoms with Crippen molar-refractivity contribution in [3.8, 4) is 0 Å². The molecule has 2 aromatic rings. The van der Waals surface area contributed by atoms with Crippen LogP contribution in [0.4, 0.5) is 0 Å². The van der Waals surface area contributed by atoms with E-state index >= 15 is 0 Å². The molecule has 0 fully saturated rings. The van der Waals surface area contributed by atoms with Gasteiger partial charge in [0.1, 0.15) is 0 Å². The molecule has 0 aliphatic rings. The van der Waals surface area contributed by atoms with Crippen LogP contribution in [0, 0.1) is 0 Å². The third kappa shape index (κ3) is 4.19. The summed E-state index contributed by atoms with van der Waals surface area (Å²) >= 11 is 9.08. The summed E-state index contributed by atoms with van der Waals surface area (Å²) in [4.78, 5) is 11.8. The average Bonchev–Trinajstić information content (AvgIpc) is 2.41. The molecule has 0 aliphatic heterocycles. The lowest BCUT2D eigenvalue weighted by Crippen LogP contribution is -2.17. The summed E-state index contributed by atoms with van der Waals surface area (Å²) in [6, 6.07) is 14.3. The first-order valence-electron chi connectivity index (χ1n) is 5.50. The van der Waals surface area contributed by atoms with Crippen LogP contribution in [0.3, 0.4) is 0 Å². The van der Waals surface area contributed by atoms with E-state index in [9.17, 15) is 4.79 Å². The molecule has 0 aliphatic carbocycles. The van der Waals surface area contributed by atoms with Crippen molar-refractivity contribution in [1.82, 2.24) is 5.43 Å². The van der Waals surface area contributed by atoms with Crippen LogP contribution >= 0.6 is 27.5 Å². The molecule has 0 saturated carbocycles. The Kier molecular flexibility index (Phi) is 4.71. The summed E-state index contributed by atoms with van der Waals surface area (Å²) < 4.78 is 0.849. The van der Waals surface area contributed by atoms with E-state index in [0.717, 1.165) is 10.0 Å². The van der Waals surface area contributed by atoms with Gasteiger partial charge in [-0.25, -0.2) is 5.43 Å². The van der Waals surface area contributed by atoms with Crippen molar-refractivity contribution in [2.75, 3.05) is 0 Å². The number of nitrogens with one attached hydrogen (secondary N) is 1. The zero-order valence-corrected chi connectivity index (χ0v) is 12.1. The summed E-state index contributed by atoms with van der Waals surface area (Å²) in [5.41, 5.74) is 3.87. The van der Waals surface area contributed by atoms with Crippen LogP contribution in [-0.4, -0.2) is 12.1 Å². The fourth-order valence-corrected chi connectivity index (χ4v) is 1.93. The molecule has 0 atom stereocenters. The minimum absolute atomic E-state index is 0.258. The number of carbonyl (C=O) groups excluding carboxylic acids is 1. The predicted molar refractivity (Wildman–Crippen MR) is 80.7 cm³/mol. The second-order valence-electron chi connectivity index (χ2n) is 3.76. The van der Waals surface area contributed by atoms with Gasteiger partial charge in [-0.2, -0.15) is 5.10 Å². The fraction of sp³-hybridized carbons (Fsp3) is 0. The molecule has 0 radical (unpaired) electrons. The summed E-state index contributed by atoms with van der Waals surface area (Å²) in [5.74, 6) is -0.258. The Balaban J connectivity index is 1.98. The number of hydrogen-bond donors (Lipinski definition) is 1. The maximum Gasteiger partial charge on any atom is 0.271 e. The summed E-state index contributed by atoms with van der Waals surface area (Å²) in [6.07, 6.45) is 1.56. The molecule has 0 unspecified atom stereocenters. The molecule has 1 N–H and O–H groups in total. The highest BCUT2D eigenvalue weighted by Gasteiger charge is 2.03. The zero-order chi connectivity index (χ0) is 13.7. The Bertz CT molecular complexity index is 611. The van der Waals surface area contributed by atoms with E-state index in [-0.39, 0.29) is 5.91 Å². The number of halogens is 2. The van der Waals surface area contributed by atoms with Gasteiger partial charge in [0.25, 0.3) is 5.91 Å². The van der Waals surface area contributed by atoms with Crippen LogP contribution < -0.4 is 5.43 Å². The predicted octanol–water partition coefficient (Wildman–Crippen LogP) is 3.87. The third-order valence-corrected chi connectivity index (χ3v) is 3.08. The van der Waals surface area contributed by atoms with Crippen molar-refractivity contribution >= 4 is 39.7 Å². The van der Waals surface area contributed by atoms with E-state index in [1.165, 1.54) is 0 Å². The molecule has 0 heterocycles. The summed E-state index contributed by atoms with van der Waals surface area (Å²) in [5, 5.41) is 4.56. The normalized spacial score (nSPS) is 10.6. The van der Waals surface area contributed by atoms with Crippen LogP contribution in [0.2, 0.25) is 5.02 Å². The smallest absolute Gasteiger partial charge is 0.267 e. The quantitative estimate of drug-likeness (QED) is 0.670. The Morgan fingerprint density at radius 2 is 1.95 bits per heavy atom. The van der Waals surface area contributed by atoms with Gasteiger partial charge < -0.3 is 0 Å². The van der Waals surface area contributed by atoms with E-state index in [2.05, 4.69) is 26.5 Å². The average molecular weight is 338 g/mol. The van der Waals surface area contributed by atoms with Crippen LogP contribution in [0.25, 0.3) is 0 Å². The number of nitrogens with zero attached hydrogens (tertiary/aromatic N) is 1. The van der Waals surface area contributed by atoms with Gasteiger partial charge >= 0.3 is 0 Å². The Morgan fingerprint density at radius 1 is 1.21 bits per heavy atom. The molecule has 2 rings (SSSR count). The molecule has 96 valence electrons. The SMILES string of the molecule is O=C(NN=Cc1ccc(Cl)cc1)c1cccc(Br)c1. The highest BCUT2D eigenvalue weighted by atomic mass is 79.9. The van der Waals surface area contributed by atoms with Gasteiger partial charge in [-0.3, -0.25) is 4.79 Å². The number of hydrazone groups is 1. The maximum absolute atomic E-state index is 11.8. The van der Waals surface area contributed by atoms with Crippen LogP contribution in [0.1, 0.15) is 15.9 Å². The molecule has 0 aromatic heterocycles. The maximum atomic E-state index is 11.8. The van der Waals surface area contributed by atoms with Crippen molar-refractivity contribution in [3.63, 3.8) is 0 Å². The van der Waals surface area contributed by atoms with Gasteiger partial charge in [-0.05, 0) is 35.9 Å². The van der Waals surface area contributed by atoms with Crippen LogP contribution in [0.5, 0.6) is 0 Å². The highest BCUT2D eigenvalue weighted by molar-refractivity contribution is 9.10. The van der Waals surface area contributed by atoms with Gasteiger partial charge in [-0.15, -0.1) is 0 Å². The lowest BCUT2D eigenvalue weighted by atomic mass is 10.2. The van der Waals surface area contributed by atoms with Crippen molar-refractivity contribution in [3.05, 3.63) is 69.2 Å². The van der Waals surface area contributed by atoms with Gasteiger partial charge in [0.2, 0.25) is 0 Å². The second kappa shape index (κ2) is 6.50. The first-order valence-corrected chi connectivity index (χ1v) is 6.67. The third-order valence-electron chi connectivity index (χ3n) is 2.34. The van der Waals surface area contributed by atoms with Crippen molar-refractivity contribution < 1.29 is 4.79 Å². The molecule has 2 aromatic carbocycles. The minimum Gasteiger partial charge on any atom is -0.267 e. The van der Waals surface area contributed by atoms with Crippen LogP contribution in [-0.2, 0) is 0 Å². The van der Waals surface area contributed by atoms with Gasteiger partial charge in [0, 0.05) is 15.1 Å². The molecule has 0 bridgehead atoms.